The molecule has 0 spiro atoms. The lowest BCUT2D eigenvalue weighted by Gasteiger charge is -2.03. The molecule has 1 aromatic carbocycles. The Balaban J connectivity index is 2.21. The van der Waals surface area contributed by atoms with Gasteiger partial charge in [-0.25, -0.2) is 0 Å². The molecular formula is C12H15NO3S. The van der Waals surface area contributed by atoms with E-state index in [9.17, 15) is 9.59 Å². The number of nitrogens with two attached hydrogens (primary N) is 1. The van der Waals surface area contributed by atoms with Crippen molar-refractivity contribution in [1.82, 2.24) is 0 Å². The van der Waals surface area contributed by atoms with Crippen LogP contribution in [0.15, 0.2) is 29.2 Å². The third kappa shape index (κ3) is 5.97. The van der Waals surface area contributed by atoms with Gasteiger partial charge in [-0.2, -0.15) is 0 Å². The minimum Gasteiger partial charge on any atom is -0.456 e. The number of benzene rings is 1. The van der Waals surface area contributed by atoms with Gasteiger partial charge < -0.3 is 10.5 Å². The lowest BCUT2D eigenvalue weighted by molar-refractivity contribution is -0.147. The number of hydrogen-bond donors (Lipinski definition) is 1. The Morgan fingerprint density at radius 2 is 1.94 bits per heavy atom. The van der Waals surface area contributed by atoms with Crippen molar-refractivity contribution in [1.29, 1.82) is 0 Å². The molecule has 92 valence electrons. The van der Waals surface area contributed by atoms with Crippen molar-refractivity contribution < 1.29 is 14.3 Å². The number of rotatable bonds is 6. The fraction of sp³-hybridized carbons (Fsp3) is 0.333. The van der Waals surface area contributed by atoms with Gasteiger partial charge in [0.1, 0.15) is 0 Å². The summed E-state index contributed by atoms with van der Waals surface area (Å²) in [4.78, 5) is 22.6. The summed E-state index contributed by atoms with van der Waals surface area (Å²) in [6, 6.07) is 8.06. The minimum absolute atomic E-state index is 0.270. The number of amides is 1. The Kier molecular flexibility index (Phi) is 5.56. The first kappa shape index (κ1) is 13.6. The molecule has 0 heterocycles. The first-order valence-corrected chi connectivity index (χ1v) is 6.20. The Labute approximate surface area is 105 Å². The maximum atomic E-state index is 11.1. The third-order valence-corrected chi connectivity index (χ3v) is 2.99. The zero-order chi connectivity index (χ0) is 12.7. The Hall–Kier alpha value is -1.49. The second kappa shape index (κ2) is 6.96. The van der Waals surface area contributed by atoms with Crippen molar-refractivity contribution in [3.8, 4) is 0 Å². The lowest BCUT2D eigenvalue weighted by atomic mass is 10.2. The first-order chi connectivity index (χ1) is 8.08. The number of hydrogen-bond acceptors (Lipinski definition) is 4. The molecule has 0 fully saturated rings. The zero-order valence-corrected chi connectivity index (χ0v) is 10.5. The molecule has 2 N–H and O–H groups in total. The molecule has 0 aliphatic rings. The van der Waals surface area contributed by atoms with E-state index in [1.165, 1.54) is 5.56 Å². The summed E-state index contributed by atoms with van der Waals surface area (Å²) in [5.74, 6) is -0.409. The fourth-order valence-corrected chi connectivity index (χ4v) is 1.94. The summed E-state index contributed by atoms with van der Waals surface area (Å²) in [5.41, 5.74) is 6.06. The molecule has 0 radical (unpaired) electrons. The molecule has 0 saturated heterocycles. The number of carbonyl (C=O) groups is 2. The smallest absolute Gasteiger partial charge is 0.307 e. The molecule has 1 amide bonds. The molecule has 0 saturated carbocycles. The standard InChI is InChI=1S/C12H15NO3S/c1-9-2-4-10(5-3-9)17-7-6-12(15)16-8-11(13)14/h2-5H,6-8H2,1H3,(H2,13,14). The molecule has 4 nitrogen and oxygen atoms in total. The Morgan fingerprint density at radius 1 is 1.29 bits per heavy atom. The van der Waals surface area contributed by atoms with Crippen LogP contribution in [0.2, 0.25) is 0 Å². The van der Waals surface area contributed by atoms with Gasteiger partial charge >= 0.3 is 5.97 Å². The predicted molar refractivity (Wildman–Crippen MR) is 66.7 cm³/mol. The third-order valence-electron chi connectivity index (χ3n) is 1.97. The summed E-state index contributed by atoms with van der Waals surface area (Å²) < 4.78 is 4.63. The molecule has 0 aliphatic heterocycles. The number of primary amides is 1. The van der Waals surface area contributed by atoms with Crippen LogP contribution in [0.3, 0.4) is 0 Å². The maximum Gasteiger partial charge on any atom is 0.307 e. The molecular weight excluding hydrogens is 238 g/mol. The molecule has 0 aromatic heterocycles. The zero-order valence-electron chi connectivity index (χ0n) is 9.64. The van der Waals surface area contributed by atoms with Crippen LogP contribution in [0.25, 0.3) is 0 Å². The highest BCUT2D eigenvalue weighted by molar-refractivity contribution is 7.99. The number of ether oxygens (including phenoxy) is 1. The van der Waals surface area contributed by atoms with Gasteiger partial charge in [0.25, 0.3) is 5.91 Å². The van der Waals surface area contributed by atoms with Gasteiger partial charge in [-0.05, 0) is 19.1 Å². The number of thioether (sulfide) groups is 1. The van der Waals surface area contributed by atoms with E-state index in [-0.39, 0.29) is 13.0 Å². The quantitative estimate of drug-likeness (QED) is 0.616. The van der Waals surface area contributed by atoms with Gasteiger partial charge in [-0.3, -0.25) is 9.59 Å². The fourth-order valence-electron chi connectivity index (χ4n) is 1.11. The monoisotopic (exact) mass is 253 g/mol. The van der Waals surface area contributed by atoms with E-state index in [1.54, 1.807) is 11.8 Å². The molecule has 1 aromatic rings. The molecule has 5 heteroatoms. The lowest BCUT2D eigenvalue weighted by Crippen LogP contribution is -2.20. The van der Waals surface area contributed by atoms with E-state index >= 15 is 0 Å². The highest BCUT2D eigenvalue weighted by Gasteiger charge is 2.05. The molecule has 1 rings (SSSR count). The largest absolute Gasteiger partial charge is 0.456 e. The molecule has 0 unspecified atom stereocenters. The second-order valence-electron chi connectivity index (χ2n) is 3.54. The van der Waals surface area contributed by atoms with Crippen LogP contribution in [-0.4, -0.2) is 24.2 Å². The Morgan fingerprint density at radius 3 is 2.53 bits per heavy atom. The van der Waals surface area contributed by atoms with Gasteiger partial charge in [-0.1, -0.05) is 17.7 Å². The second-order valence-corrected chi connectivity index (χ2v) is 4.71. The van der Waals surface area contributed by atoms with Crippen LogP contribution >= 0.6 is 11.8 Å². The van der Waals surface area contributed by atoms with Crippen LogP contribution in [0.4, 0.5) is 0 Å². The van der Waals surface area contributed by atoms with Crippen LogP contribution in [-0.2, 0) is 14.3 Å². The van der Waals surface area contributed by atoms with Gasteiger partial charge in [0, 0.05) is 10.6 Å². The van der Waals surface area contributed by atoms with Gasteiger partial charge in [0.05, 0.1) is 6.42 Å². The van der Waals surface area contributed by atoms with Crippen molar-refractivity contribution in [3.05, 3.63) is 29.8 Å². The van der Waals surface area contributed by atoms with Crippen LogP contribution in [0.1, 0.15) is 12.0 Å². The predicted octanol–water partition coefficient (Wildman–Crippen LogP) is 1.51. The highest BCUT2D eigenvalue weighted by Crippen LogP contribution is 2.19. The normalized spacial score (nSPS) is 9.94. The summed E-state index contributed by atoms with van der Waals surface area (Å²) in [5, 5.41) is 0. The van der Waals surface area contributed by atoms with E-state index < -0.39 is 11.9 Å². The summed E-state index contributed by atoms with van der Waals surface area (Å²) in [7, 11) is 0. The van der Waals surface area contributed by atoms with E-state index in [0.29, 0.717) is 5.75 Å². The van der Waals surface area contributed by atoms with E-state index in [0.717, 1.165) is 4.90 Å². The average molecular weight is 253 g/mol. The van der Waals surface area contributed by atoms with E-state index in [2.05, 4.69) is 4.74 Å². The van der Waals surface area contributed by atoms with Crippen molar-refractivity contribution in [2.45, 2.75) is 18.2 Å². The highest BCUT2D eigenvalue weighted by atomic mass is 32.2. The molecule has 0 atom stereocenters. The average Bonchev–Trinajstić information content (AvgIpc) is 2.29. The van der Waals surface area contributed by atoms with Crippen LogP contribution < -0.4 is 5.73 Å². The van der Waals surface area contributed by atoms with Gasteiger partial charge in [0.2, 0.25) is 0 Å². The topological polar surface area (TPSA) is 69.4 Å². The first-order valence-electron chi connectivity index (χ1n) is 5.21. The van der Waals surface area contributed by atoms with E-state index in [4.69, 9.17) is 5.73 Å². The van der Waals surface area contributed by atoms with Crippen molar-refractivity contribution >= 4 is 23.6 Å². The SMILES string of the molecule is Cc1ccc(SCCC(=O)OCC(N)=O)cc1. The summed E-state index contributed by atoms with van der Waals surface area (Å²) in [6.07, 6.45) is 0.270. The van der Waals surface area contributed by atoms with Crippen molar-refractivity contribution in [3.63, 3.8) is 0 Å². The van der Waals surface area contributed by atoms with Crippen molar-refractivity contribution in [2.75, 3.05) is 12.4 Å². The van der Waals surface area contributed by atoms with E-state index in [1.807, 2.05) is 31.2 Å². The molecule has 0 bridgehead atoms. The van der Waals surface area contributed by atoms with Crippen LogP contribution in [0, 0.1) is 6.92 Å². The van der Waals surface area contributed by atoms with Gasteiger partial charge in [-0.15, -0.1) is 11.8 Å². The minimum atomic E-state index is -0.635. The number of aryl methyl sites for hydroxylation is 1. The van der Waals surface area contributed by atoms with Gasteiger partial charge in [0.15, 0.2) is 6.61 Å². The van der Waals surface area contributed by atoms with Crippen LogP contribution in [0.5, 0.6) is 0 Å². The maximum absolute atomic E-state index is 11.1. The number of esters is 1. The molecule has 17 heavy (non-hydrogen) atoms. The molecule has 0 aliphatic carbocycles. The van der Waals surface area contributed by atoms with Crippen molar-refractivity contribution in [2.24, 2.45) is 5.73 Å². The number of carbonyl (C=O) groups excluding carboxylic acids is 2. The summed E-state index contributed by atoms with van der Waals surface area (Å²) in [6.45, 7) is 1.68. The Bertz CT molecular complexity index is 389. The summed E-state index contributed by atoms with van der Waals surface area (Å²) >= 11 is 1.57.